The van der Waals surface area contributed by atoms with Crippen molar-refractivity contribution in [1.82, 2.24) is 0 Å². The summed E-state index contributed by atoms with van der Waals surface area (Å²) in [4.78, 5) is 0. The zero-order valence-corrected chi connectivity index (χ0v) is 8.92. The van der Waals surface area contributed by atoms with E-state index in [1.54, 1.807) is 7.11 Å². The van der Waals surface area contributed by atoms with Crippen LogP contribution in [0.2, 0.25) is 5.02 Å². The van der Waals surface area contributed by atoms with Crippen LogP contribution in [0, 0.1) is 0 Å². The number of anilines is 1. The number of rotatable bonds is 3. The first-order valence-electron chi connectivity index (χ1n) is 4.83. The second-order valence-electron chi connectivity index (χ2n) is 3.68. The minimum atomic E-state index is 0.437. The van der Waals surface area contributed by atoms with Gasteiger partial charge in [0.15, 0.2) is 0 Å². The van der Waals surface area contributed by atoms with E-state index in [-0.39, 0.29) is 0 Å². The number of hydrogen-bond acceptors (Lipinski definition) is 2. The predicted molar refractivity (Wildman–Crippen MR) is 58.9 cm³/mol. The third kappa shape index (κ3) is 2.20. The molecule has 14 heavy (non-hydrogen) atoms. The minimum Gasteiger partial charge on any atom is -0.382 e. The molecule has 1 N–H and O–H groups in total. The van der Waals surface area contributed by atoms with Crippen molar-refractivity contribution < 1.29 is 4.74 Å². The number of benzene rings is 1. The molecule has 0 heterocycles. The molecule has 76 valence electrons. The van der Waals surface area contributed by atoms with Crippen LogP contribution < -0.4 is 5.32 Å². The van der Waals surface area contributed by atoms with E-state index in [0.29, 0.717) is 12.1 Å². The Balaban J connectivity index is 1.87. The molecule has 2 nitrogen and oxygen atoms in total. The first-order valence-corrected chi connectivity index (χ1v) is 5.20. The average molecular weight is 212 g/mol. The van der Waals surface area contributed by atoms with E-state index in [1.165, 1.54) is 0 Å². The largest absolute Gasteiger partial charge is 0.382 e. The smallest absolute Gasteiger partial charge is 0.0610 e. The summed E-state index contributed by atoms with van der Waals surface area (Å²) in [5.41, 5.74) is 1.09. The summed E-state index contributed by atoms with van der Waals surface area (Å²) in [6.45, 7) is 0. The molecule has 2 rings (SSSR count). The Bertz CT molecular complexity index is 310. The third-order valence-corrected chi connectivity index (χ3v) is 2.86. The van der Waals surface area contributed by atoms with E-state index in [4.69, 9.17) is 16.3 Å². The van der Waals surface area contributed by atoms with Gasteiger partial charge >= 0.3 is 0 Å². The van der Waals surface area contributed by atoms with Gasteiger partial charge in [-0.25, -0.2) is 0 Å². The highest BCUT2D eigenvalue weighted by Gasteiger charge is 2.28. The fourth-order valence-corrected chi connectivity index (χ4v) is 1.88. The van der Waals surface area contributed by atoms with Gasteiger partial charge in [0.05, 0.1) is 6.10 Å². The second kappa shape index (κ2) is 4.20. The van der Waals surface area contributed by atoms with Gasteiger partial charge in [-0.05, 0) is 31.0 Å². The van der Waals surface area contributed by atoms with Crippen LogP contribution in [0.15, 0.2) is 24.3 Å². The molecule has 0 amide bonds. The topological polar surface area (TPSA) is 21.3 Å². The summed E-state index contributed by atoms with van der Waals surface area (Å²) < 4.78 is 5.21. The van der Waals surface area contributed by atoms with Crippen LogP contribution in [0.5, 0.6) is 0 Å². The van der Waals surface area contributed by atoms with Crippen molar-refractivity contribution in [2.45, 2.75) is 25.0 Å². The Kier molecular flexibility index (Phi) is 2.94. The standard InChI is InChI=1S/C11H14ClNO/c1-14-11-6-10(7-11)13-9-4-2-3-8(12)5-9/h2-5,10-11,13H,6-7H2,1H3. The van der Waals surface area contributed by atoms with Crippen molar-refractivity contribution in [3.63, 3.8) is 0 Å². The Labute approximate surface area is 89.2 Å². The monoisotopic (exact) mass is 211 g/mol. The highest BCUT2D eigenvalue weighted by molar-refractivity contribution is 6.30. The highest BCUT2D eigenvalue weighted by atomic mass is 35.5. The summed E-state index contributed by atoms with van der Waals surface area (Å²) in [6.07, 6.45) is 2.61. The van der Waals surface area contributed by atoms with Crippen molar-refractivity contribution in [3.8, 4) is 0 Å². The van der Waals surface area contributed by atoms with E-state index >= 15 is 0 Å². The summed E-state index contributed by atoms with van der Waals surface area (Å²) in [5.74, 6) is 0. The fraction of sp³-hybridized carbons (Fsp3) is 0.455. The molecular formula is C11H14ClNO. The maximum absolute atomic E-state index is 5.88. The molecule has 3 heteroatoms. The molecule has 1 aliphatic rings. The van der Waals surface area contributed by atoms with Gasteiger partial charge in [-0.1, -0.05) is 17.7 Å². The zero-order valence-electron chi connectivity index (χ0n) is 8.16. The molecule has 0 spiro atoms. The first-order chi connectivity index (χ1) is 6.78. The van der Waals surface area contributed by atoms with Crippen molar-refractivity contribution in [2.24, 2.45) is 0 Å². The number of nitrogens with one attached hydrogen (secondary N) is 1. The first kappa shape index (κ1) is 9.81. The summed E-state index contributed by atoms with van der Waals surface area (Å²) >= 11 is 5.88. The van der Waals surface area contributed by atoms with Gasteiger partial charge in [0.25, 0.3) is 0 Å². The van der Waals surface area contributed by atoms with Crippen LogP contribution in [0.1, 0.15) is 12.8 Å². The fourth-order valence-electron chi connectivity index (χ4n) is 1.69. The van der Waals surface area contributed by atoms with Crippen LogP contribution >= 0.6 is 11.6 Å². The Morgan fingerprint density at radius 3 is 2.86 bits per heavy atom. The maximum Gasteiger partial charge on any atom is 0.0610 e. The summed E-state index contributed by atoms with van der Waals surface area (Å²) in [5, 5.41) is 4.19. The van der Waals surface area contributed by atoms with Gasteiger partial charge in [0, 0.05) is 23.9 Å². The van der Waals surface area contributed by atoms with Gasteiger partial charge in [-0.3, -0.25) is 0 Å². The summed E-state index contributed by atoms with van der Waals surface area (Å²) in [6, 6.07) is 8.36. The summed E-state index contributed by atoms with van der Waals surface area (Å²) in [7, 11) is 1.76. The molecule has 1 aliphatic carbocycles. The van der Waals surface area contributed by atoms with Crippen LogP contribution in [0.3, 0.4) is 0 Å². The van der Waals surface area contributed by atoms with Crippen LogP contribution in [-0.4, -0.2) is 19.3 Å². The van der Waals surface area contributed by atoms with Crippen LogP contribution in [-0.2, 0) is 4.74 Å². The predicted octanol–water partition coefficient (Wildman–Crippen LogP) is 2.93. The number of ether oxygens (including phenoxy) is 1. The second-order valence-corrected chi connectivity index (χ2v) is 4.12. The van der Waals surface area contributed by atoms with Gasteiger partial charge in [-0.15, -0.1) is 0 Å². The van der Waals surface area contributed by atoms with Crippen molar-refractivity contribution in [3.05, 3.63) is 29.3 Å². The molecule has 0 saturated heterocycles. The average Bonchev–Trinajstić information content (AvgIpc) is 2.10. The highest BCUT2D eigenvalue weighted by Crippen LogP contribution is 2.27. The van der Waals surface area contributed by atoms with E-state index in [9.17, 15) is 0 Å². The molecule has 1 saturated carbocycles. The van der Waals surface area contributed by atoms with Crippen molar-refractivity contribution >= 4 is 17.3 Å². The normalized spacial score (nSPS) is 25.6. The zero-order chi connectivity index (χ0) is 9.97. The molecule has 1 aromatic carbocycles. The molecule has 1 fully saturated rings. The third-order valence-electron chi connectivity index (χ3n) is 2.62. The molecule has 0 radical (unpaired) electrons. The van der Waals surface area contributed by atoms with Crippen molar-refractivity contribution in [1.29, 1.82) is 0 Å². The minimum absolute atomic E-state index is 0.437. The van der Waals surface area contributed by atoms with Gasteiger partial charge < -0.3 is 10.1 Å². The Morgan fingerprint density at radius 1 is 1.43 bits per heavy atom. The maximum atomic E-state index is 5.88. The lowest BCUT2D eigenvalue weighted by Crippen LogP contribution is -2.40. The quantitative estimate of drug-likeness (QED) is 0.830. The van der Waals surface area contributed by atoms with Gasteiger partial charge in [0.2, 0.25) is 0 Å². The Hall–Kier alpha value is -0.730. The number of halogens is 1. The van der Waals surface area contributed by atoms with Crippen LogP contribution in [0.4, 0.5) is 5.69 Å². The van der Waals surface area contributed by atoms with E-state index in [2.05, 4.69) is 5.32 Å². The molecule has 0 aromatic heterocycles. The van der Waals surface area contributed by atoms with Gasteiger partial charge in [-0.2, -0.15) is 0 Å². The van der Waals surface area contributed by atoms with E-state index in [1.807, 2.05) is 24.3 Å². The molecule has 1 aromatic rings. The lowest BCUT2D eigenvalue weighted by molar-refractivity contribution is 0.0329. The van der Waals surface area contributed by atoms with Crippen molar-refractivity contribution in [2.75, 3.05) is 12.4 Å². The van der Waals surface area contributed by atoms with E-state index in [0.717, 1.165) is 23.6 Å². The number of hydrogen-bond donors (Lipinski definition) is 1. The van der Waals surface area contributed by atoms with E-state index < -0.39 is 0 Å². The van der Waals surface area contributed by atoms with Gasteiger partial charge in [0.1, 0.15) is 0 Å². The molecule has 0 bridgehead atoms. The SMILES string of the molecule is COC1CC(Nc2cccc(Cl)c2)C1. The molecule has 0 unspecified atom stereocenters. The lowest BCUT2D eigenvalue weighted by Gasteiger charge is -2.35. The molecular weight excluding hydrogens is 198 g/mol. The Morgan fingerprint density at radius 2 is 2.21 bits per heavy atom. The molecule has 0 aliphatic heterocycles. The van der Waals surface area contributed by atoms with Crippen LogP contribution in [0.25, 0.3) is 0 Å². The number of methoxy groups -OCH3 is 1. The molecule has 0 atom stereocenters. The lowest BCUT2D eigenvalue weighted by atomic mass is 9.89.